The molecule has 0 aromatic rings. The molecular weight excluding hydrogens is 124 g/mol. The Morgan fingerprint density at radius 2 is 2.33 bits per heavy atom. The molecule has 0 radical (unpaired) electrons. The van der Waals surface area contributed by atoms with Crippen LogP contribution in [-0.4, -0.2) is 17.9 Å². The van der Waals surface area contributed by atoms with Gasteiger partial charge in [-0.2, -0.15) is 0 Å². The predicted molar refractivity (Wildman–Crippen MR) is 26.8 cm³/mol. The van der Waals surface area contributed by atoms with E-state index >= 15 is 0 Å². The van der Waals surface area contributed by atoms with Crippen LogP contribution in [0.3, 0.4) is 0 Å². The van der Waals surface area contributed by atoms with Crippen molar-refractivity contribution < 1.29 is 14.4 Å². The third-order valence-corrected chi connectivity index (χ3v) is 1.09. The van der Waals surface area contributed by atoms with Crippen molar-refractivity contribution in [1.82, 2.24) is 5.32 Å². The van der Waals surface area contributed by atoms with Crippen LogP contribution in [0.4, 0.5) is 0 Å². The number of nitrogens with one attached hydrogen (secondary N) is 1. The van der Waals surface area contributed by atoms with Crippen molar-refractivity contribution in [3.05, 3.63) is 0 Å². The molecule has 1 unspecified atom stereocenters. The summed E-state index contributed by atoms with van der Waals surface area (Å²) in [5.41, 5.74) is 0. The first-order chi connectivity index (χ1) is 4.24. The van der Waals surface area contributed by atoms with Crippen LogP contribution in [0.2, 0.25) is 0 Å². The van der Waals surface area contributed by atoms with E-state index in [0.29, 0.717) is 0 Å². The number of carbonyl (C=O) groups excluding carboxylic acids is 2. The minimum atomic E-state index is -0.780. The maximum absolute atomic E-state index is 10.5. The van der Waals surface area contributed by atoms with Crippen LogP contribution in [0.5, 0.6) is 0 Å². The summed E-state index contributed by atoms with van der Waals surface area (Å²) in [7, 11) is 0. The predicted octanol–water partition coefficient (Wildman–Crippen LogP) is -1.71. The summed E-state index contributed by atoms with van der Waals surface area (Å²) in [4.78, 5) is 25.0. The fraction of sp³-hybridized carbons (Fsp3) is 0.500. The van der Waals surface area contributed by atoms with E-state index in [1.165, 1.54) is 0 Å². The Balaban J connectivity index is 2.58. The smallest absolute Gasteiger partial charge is 0.258 e. The molecule has 1 aliphatic heterocycles. The lowest BCUT2D eigenvalue weighted by molar-refractivity contribution is -0.129. The van der Waals surface area contributed by atoms with E-state index in [1.807, 2.05) is 5.32 Å². The van der Waals surface area contributed by atoms with Crippen molar-refractivity contribution >= 4 is 11.8 Å². The summed E-state index contributed by atoms with van der Waals surface area (Å²) in [5.74, 6) is 3.88. The van der Waals surface area contributed by atoms with Crippen LogP contribution < -0.4 is 11.2 Å². The molecule has 2 amide bonds. The Morgan fingerprint density at radius 3 is 2.56 bits per heavy atom. The quantitative estimate of drug-likeness (QED) is 0.327. The number of amides is 2. The molecule has 3 N–H and O–H groups in total. The van der Waals surface area contributed by atoms with Crippen LogP contribution >= 0.6 is 0 Å². The molecule has 9 heavy (non-hydrogen) atoms. The minimum Gasteiger partial charge on any atom is -0.294 e. The van der Waals surface area contributed by atoms with Gasteiger partial charge in [0.2, 0.25) is 5.91 Å². The fourth-order valence-electron chi connectivity index (χ4n) is 0.640. The molecule has 0 bridgehead atoms. The van der Waals surface area contributed by atoms with Crippen LogP contribution in [0.25, 0.3) is 0 Å². The zero-order chi connectivity index (χ0) is 6.85. The Hall–Kier alpha value is -0.940. The number of hydrogen-bond donors (Lipinski definition) is 2. The Kier molecular flexibility index (Phi) is 1.46. The molecule has 0 saturated carbocycles. The van der Waals surface area contributed by atoms with Crippen molar-refractivity contribution in [3.8, 4) is 0 Å². The van der Waals surface area contributed by atoms with Crippen molar-refractivity contribution in [3.63, 3.8) is 0 Å². The van der Waals surface area contributed by atoms with E-state index in [9.17, 15) is 9.59 Å². The van der Waals surface area contributed by atoms with Crippen molar-refractivity contribution in [2.75, 3.05) is 0 Å². The molecule has 1 saturated heterocycles. The van der Waals surface area contributed by atoms with Crippen LogP contribution in [0, 0.1) is 0 Å². The average molecular weight is 130 g/mol. The maximum atomic E-state index is 10.5. The van der Waals surface area contributed by atoms with Gasteiger partial charge in [0.15, 0.2) is 6.10 Å². The van der Waals surface area contributed by atoms with Gasteiger partial charge in [-0.3, -0.25) is 19.7 Å². The molecule has 1 heterocycles. The van der Waals surface area contributed by atoms with E-state index in [-0.39, 0.29) is 12.3 Å². The molecule has 0 spiro atoms. The second-order valence-corrected chi connectivity index (χ2v) is 1.74. The molecular formula is C4H6N2O3. The SMILES string of the molecule is NOC1CC(=O)NC1=O. The van der Waals surface area contributed by atoms with E-state index < -0.39 is 12.0 Å². The fourth-order valence-corrected chi connectivity index (χ4v) is 0.640. The maximum Gasteiger partial charge on any atom is 0.258 e. The van der Waals surface area contributed by atoms with Gasteiger partial charge in [-0.05, 0) is 0 Å². The average Bonchev–Trinajstić information content (AvgIpc) is 2.10. The zero-order valence-electron chi connectivity index (χ0n) is 4.59. The standard InChI is InChI=1S/C4H6N2O3/c5-9-2-1-3(7)6-4(2)8/h2H,1,5H2,(H,6,7,8). The lowest BCUT2D eigenvalue weighted by atomic mass is 10.3. The van der Waals surface area contributed by atoms with Gasteiger partial charge in [0.1, 0.15) is 0 Å². The van der Waals surface area contributed by atoms with Gasteiger partial charge in [0, 0.05) is 0 Å². The van der Waals surface area contributed by atoms with Gasteiger partial charge >= 0.3 is 0 Å². The largest absolute Gasteiger partial charge is 0.294 e. The van der Waals surface area contributed by atoms with E-state index in [0.717, 1.165) is 0 Å². The molecule has 0 aromatic heterocycles. The van der Waals surface area contributed by atoms with Crippen LogP contribution in [0.15, 0.2) is 0 Å². The Morgan fingerprint density at radius 1 is 1.67 bits per heavy atom. The summed E-state index contributed by atoms with van der Waals surface area (Å²) in [6, 6.07) is 0. The summed E-state index contributed by atoms with van der Waals surface area (Å²) < 4.78 is 0. The van der Waals surface area contributed by atoms with Crippen LogP contribution in [0.1, 0.15) is 6.42 Å². The number of carbonyl (C=O) groups is 2. The number of hydrogen-bond acceptors (Lipinski definition) is 4. The highest BCUT2D eigenvalue weighted by atomic mass is 16.6. The van der Waals surface area contributed by atoms with E-state index in [1.54, 1.807) is 0 Å². The Bertz CT molecular complexity index is 156. The first-order valence-electron chi connectivity index (χ1n) is 2.43. The second kappa shape index (κ2) is 2.12. The van der Waals surface area contributed by atoms with Crippen LogP contribution in [-0.2, 0) is 14.4 Å². The highest BCUT2D eigenvalue weighted by Crippen LogP contribution is 2.02. The summed E-state index contributed by atoms with van der Waals surface area (Å²) in [6.45, 7) is 0. The molecule has 1 atom stereocenters. The topological polar surface area (TPSA) is 81.4 Å². The molecule has 5 heteroatoms. The lowest BCUT2D eigenvalue weighted by Gasteiger charge is -1.97. The second-order valence-electron chi connectivity index (χ2n) is 1.74. The lowest BCUT2D eigenvalue weighted by Crippen LogP contribution is -2.28. The van der Waals surface area contributed by atoms with Gasteiger partial charge in [-0.1, -0.05) is 0 Å². The first-order valence-corrected chi connectivity index (χ1v) is 2.43. The summed E-state index contributed by atoms with van der Waals surface area (Å²) in [5, 5.41) is 2.03. The molecule has 50 valence electrons. The molecule has 5 nitrogen and oxygen atoms in total. The molecule has 1 fully saturated rings. The first kappa shape index (κ1) is 6.18. The Labute approximate surface area is 51.1 Å². The number of imide groups is 1. The molecule has 1 rings (SSSR count). The van der Waals surface area contributed by atoms with Crippen molar-refractivity contribution in [1.29, 1.82) is 0 Å². The highest BCUT2D eigenvalue weighted by Gasteiger charge is 2.30. The van der Waals surface area contributed by atoms with Gasteiger partial charge in [0.05, 0.1) is 6.42 Å². The summed E-state index contributed by atoms with van der Waals surface area (Å²) in [6.07, 6.45) is -0.743. The van der Waals surface area contributed by atoms with E-state index in [4.69, 9.17) is 0 Å². The summed E-state index contributed by atoms with van der Waals surface area (Å²) >= 11 is 0. The van der Waals surface area contributed by atoms with Gasteiger partial charge < -0.3 is 0 Å². The molecule has 0 aliphatic carbocycles. The van der Waals surface area contributed by atoms with Gasteiger partial charge in [-0.25, -0.2) is 5.90 Å². The van der Waals surface area contributed by atoms with Crippen molar-refractivity contribution in [2.45, 2.75) is 12.5 Å². The third kappa shape index (κ3) is 1.06. The van der Waals surface area contributed by atoms with Gasteiger partial charge in [-0.15, -0.1) is 0 Å². The monoisotopic (exact) mass is 130 g/mol. The minimum absolute atomic E-state index is 0.0370. The molecule has 0 aromatic carbocycles. The normalized spacial score (nSPS) is 26.6. The third-order valence-electron chi connectivity index (χ3n) is 1.09. The number of rotatable bonds is 1. The number of nitrogens with two attached hydrogens (primary N) is 1. The zero-order valence-corrected chi connectivity index (χ0v) is 4.59. The highest BCUT2D eigenvalue weighted by molar-refractivity contribution is 6.04. The molecule has 1 aliphatic rings. The van der Waals surface area contributed by atoms with E-state index in [2.05, 4.69) is 10.7 Å². The van der Waals surface area contributed by atoms with Gasteiger partial charge in [0.25, 0.3) is 5.91 Å². The van der Waals surface area contributed by atoms with Crippen molar-refractivity contribution in [2.24, 2.45) is 5.90 Å².